The minimum absolute atomic E-state index is 0.0879. The third-order valence-electron chi connectivity index (χ3n) is 4.04. The Morgan fingerprint density at radius 3 is 2.36 bits per heavy atom. The molecule has 0 saturated carbocycles. The molecule has 0 spiro atoms. The molecule has 0 aliphatic rings. The molecule has 2 aromatic carbocycles. The van der Waals surface area contributed by atoms with Crippen LogP contribution in [0.15, 0.2) is 48.5 Å². The van der Waals surface area contributed by atoms with Gasteiger partial charge < -0.3 is 19.9 Å². The summed E-state index contributed by atoms with van der Waals surface area (Å²) in [4.78, 5) is 13.8. The van der Waals surface area contributed by atoms with Crippen molar-refractivity contribution < 1.29 is 19.4 Å². The number of nitrogens with zero attached hydrogens (tertiary/aromatic N) is 3. The smallest absolute Gasteiger partial charge is 0.274 e. The summed E-state index contributed by atoms with van der Waals surface area (Å²) in [7, 11) is 1.60. The van der Waals surface area contributed by atoms with Gasteiger partial charge in [-0.3, -0.25) is 4.79 Å². The fraction of sp³-hybridized carbons (Fsp3) is 0.250. The number of aromatic nitrogens is 3. The number of hydrogen-bond acceptors (Lipinski definition) is 6. The quantitative estimate of drug-likeness (QED) is 0.619. The van der Waals surface area contributed by atoms with Crippen LogP contribution in [0.2, 0.25) is 0 Å². The van der Waals surface area contributed by atoms with Gasteiger partial charge in [-0.25, -0.2) is 0 Å². The van der Waals surface area contributed by atoms with E-state index in [1.807, 2.05) is 31.2 Å². The fourth-order valence-electron chi connectivity index (χ4n) is 2.59. The van der Waals surface area contributed by atoms with Crippen LogP contribution in [0.1, 0.15) is 28.7 Å². The highest BCUT2D eigenvalue weighted by Gasteiger charge is 2.18. The minimum atomic E-state index is -0.406. The lowest BCUT2D eigenvalue weighted by atomic mass is 10.2. The summed E-state index contributed by atoms with van der Waals surface area (Å²) in [6, 6.07) is 14.5. The predicted molar refractivity (Wildman–Crippen MR) is 103 cm³/mol. The lowest BCUT2D eigenvalue weighted by Crippen LogP contribution is -2.24. The maximum absolute atomic E-state index is 12.5. The number of aliphatic hydroxyl groups excluding tert-OH is 1. The third kappa shape index (κ3) is 4.47. The molecular formula is C20H22N4O4. The summed E-state index contributed by atoms with van der Waals surface area (Å²) in [6.45, 7) is 2.42. The molecule has 1 heterocycles. The van der Waals surface area contributed by atoms with Crippen molar-refractivity contribution in [2.45, 2.75) is 20.1 Å². The average molecular weight is 382 g/mol. The second kappa shape index (κ2) is 9.01. The van der Waals surface area contributed by atoms with Gasteiger partial charge in [-0.15, -0.1) is 10.2 Å². The van der Waals surface area contributed by atoms with Crippen LogP contribution in [-0.2, 0) is 13.2 Å². The zero-order valence-corrected chi connectivity index (χ0v) is 15.8. The zero-order chi connectivity index (χ0) is 19.9. The van der Waals surface area contributed by atoms with Crippen molar-refractivity contribution in [2.75, 3.05) is 13.7 Å². The molecule has 146 valence electrons. The van der Waals surface area contributed by atoms with E-state index in [0.717, 1.165) is 17.1 Å². The van der Waals surface area contributed by atoms with Crippen LogP contribution in [0.25, 0.3) is 5.69 Å². The van der Waals surface area contributed by atoms with E-state index in [2.05, 4.69) is 15.5 Å². The molecule has 3 rings (SSSR count). The van der Waals surface area contributed by atoms with E-state index in [1.165, 1.54) is 4.80 Å². The highest BCUT2D eigenvalue weighted by molar-refractivity contribution is 5.93. The molecule has 8 heteroatoms. The first kappa shape index (κ1) is 19.4. The van der Waals surface area contributed by atoms with Gasteiger partial charge in [0.1, 0.15) is 17.2 Å². The van der Waals surface area contributed by atoms with Gasteiger partial charge in [-0.2, -0.15) is 4.80 Å². The molecule has 28 heavy (non-hydrogen) atoms. The number of amides is 1. The Morgan fingerprint density at radius 2 is 1.75 bits per heavy atom. The molecule has 0 radical (unpaired) electrons. The molecule has 0 atom stereocenters. The summed E-state index contributed by atoms with van der Waals surface area (Å²) in [5.74, 6) is 1.08. The normalized spacial score (nSPS) is 10.5. The van der Waals surface area contributed by atoms with Gasteiger partial charge in [0.15, 0.2) is 5.69 Å². The van der Waals surface area contributed by atoms with Crippen molar-refractivity contribution in [2.24, 2.45) is 0 Å². The molecule has 0 aliphatic heterocycles. The van der Waals surface area contributed by atoms with Gasteiger partial charge in [0, 0.05) is 6.54 Å². The Balaban J connectivity index is 1.72. The average Bonchev–Trinajstić information content (AvgIpc) is 3.18. The second-order valence-corrected chi connectivity index (χ2v) is 5.90. The van der Waals surface area contributed by atoms with E-state index in [4.69, 9.17) is 9.47 Å². The topological polar surface area (TPSA) is 98.5 Å². The van der Waals surface area contributed by atoms with Gasteiger partial charge in [0.05, 0.1) is 26.0 Å². The predicted octanol–water partition coefficient (Wildman–Crippen LogP) is 2.10. The van der Waals surface area contributed by atoms with E-state index >= 15 is 0 Å². The van der Waals surface area contributed by atoms with Gasteiger partial charge in [-0.1, -0.05) is 12.1 Å². The summed E-state index contributed by atoms with van der Waals surface area (Å²) in [5.41, 5.74) is 1.87. The number of aliphatic hydroxyl groups is 1. The highest BCUT2D eigenvalue weighted by atomic mass is 16.5. The molecule has 0 bridgehead atoms. The SMILES string of the molecule is CCOc1ccc(-n2nc(CO)c(C(=O)NCc3ccc(OC)cc3)n2)cc1. The summed E-state index contributed by atoms with van der Waals surface area (Å²) in [5, 5.41) is 20.8. The van der Waals surface area contributed by atoms with Crippen LogP contribution in [0.5, 0.6) is 11.5 Å². The molecule has 1 amide bonds. The van der Waals surface area contributed by atoms with Crippen molar-refractivity contribution >= 4 is 5.91 Å². The van der Waals surface area contributed by atoms with Gasteiger partial charge in [0.25, 0.3) is 5.91 Å². The number of carbonyl (C=O) groups excluding carboxylic acids is 1. The number of methoxy groups -OCH3 is 1. The van der Waals surface area contributed by atoms with Crippen molar-refractivity contribution in [3.05, 3.63) is 65.5 Å². The molecule has 0 fully saturated rings. The molecule has 0 unspecified atom stereocenters. The minimum Gasteiger partial charge on any atom is -0.497 e. The fourth-order valence-corrected chi connectivity index (χ4v) is 2.59. The number of benzene rings is 2. The van der Waals surface area contributed by atoms with Crippen LogP contribution < -0.4 is 14.8 Å². The Hall–Kier alpha value is -3.39. The summed E-state index contributed by atoms with van der Waals surface area (Å²) >= 11 is 0. The number of rotatable bonds is 8. The van der Waals surface area contributed by atoms with Gasteiger partial charge >= 0.3 is 0 Å². The highest BCUT2D eigenvalue weighted by Crippen LogP contribution is 2.16. The zero-order valence-electron chi connectivity index (χ0n) is 15.8. The van der Waals surface area contributed by atoms with E-state index in [9.17, 15) is 9.90 Å². The molecule has 3 aromatic rings. The Morgan fingerprint density at radius 1 is 1.07 bits per heavy atom. The summed E-state index contributed by atoms with van der Waals surface area (Å²) in [6.07, 6.45) is 0. The van der Waals surface area contributed by atoms with Crippen LogP contribution >= 0.6 is 0 Å². The first-order valence-corrected chi connectivity index (χ1v) is 8.86. The standard InChI is InChI=1S/C20H22N4O4/c1-3-28-17-10-6-15(7-11-17)24-22-18(13-25)19(23-24)20(26)21-12-14-4-8-16(27-2)9-5-14/h4-11,25H,3,12-13H2,1-2H3,(H,21,26). The van der Waals surface area contributed by atoms with Crippen LogP contribution in [0, 0.1) is 0 Å². The summed E-state index contributed by atoms with van der Waals surface area (Å²) < 4.78 is 10.5. The number of carbonyl (C=O) groups is 1. The second-order valence-electron chi connectivity index (χ2n) is 5.90. The van der Waals surface area contributed by atoms with E-state index in [1.54, 1.807) is 31.4 Å². The molecule has 0 aliphatic carbocycles. The van der Waals surface area contributed by atoms with E-state index in [0.29, 0.717) is 18.8 Å². The van der Waals surface area contributed by atoms with Crippen molar-refractivity contribution in [1.82, 2.24) is 20.3 Å². The molecular weight excluding hydrogens is 360 g/mol. The number of nitrogens with one attached hydrogen (secondary N) is 1. The Kier molecular flexibility index (Phi) is 6.23. The van der Waals surface area contributed by atoms with Crippen molar-refractivity contribution in [3.8, 4) is 17.2 Å². The van der Waals surface area contributed by atoms with Crippen LogP contribution in [0.4, 0.5) is 0 Å². The largest absolute Gasteiger partial charge is 0.497 e. The Bertz CT molecular complexity index is 920. The maximum Gasteiger partial charge on any atom is 0.274 e. The monoisotopic (exact) mass is 382 g/mol. The van der Waals surface area contributed by atoms with Crippen molar-refractivity contribution in [1.29, 1.82) is 0 Å². The van der Waals surface area contributed by atoms with Crippen molar-refractivity contribution in [3.63, 3.8) is 0 Å². The lowest BCUT2D eigenvalue weighted by molar-refractivity contribution is 0.0942. The molecule has 1 aromatic heterocycles. The van der Waals surface area contributed by atoms with Crippen LogP contribution in [-0.4, -0.2) is 39.7 Å². The molecule has 8 nitrogen and oxygen atoms in total. The maximum atomic E-state index is 12.5. The van der Waals surface area contributed by atoms with Gasteiger partial charge in [-0.05, 0) is 48.9 Å². The first-order chi connectivity index (χ1) is 13.6. The number of ether oxygens (including phenoxy) is 2. The molecule has 2 N–H and O–H groups in total. The van der Waals surface area contributed by atoms with Crippen LogP contribution in [0.3, 0.4) is 0 Å². The third-order valence-corrected chi connectivity index (χ3v) is 4.04. The van der Waals surface area contributed by atoms with E-state index in [-0.39, 0.29) is 18.0 Å². The first-order valence-electron chi connectivity index (χ1n) is 8.86. The lowest BCUT2D eigenvalue weighted by Gasteiger charge is -2.05. The molecule has 0 saturated heterocycles. The van der Waals surface area contributed by atoms with E-state index < -0.39 is 5.91 Å². The Labute approximate surface area is 162 Å². The number of hydrogen-bond donors (Lipinski definition) is 2. The van der Waals surface area contributed by atoms with Gasteiger partial charge in [0.2, 0.25) is 0 Å².